The van der Waals surface area contributed by atoms with Crippen LogP contribution in [0.1, 0.15) is 124 Å². The summed E-state index contributed by atoms with van der Waals surface area (Å²) >= 11 is 1.75. The molecule has 0 spiro atoms. The highest BCUT2D eigenvalue weighted by Crippen LogP contribution is 2.34. The van der Waals surface area contributed by atoms with Gasteiger partial charge < -0.3 is 14.5 Å². The van der Waals surface area contributed by atoms with Crippen molar-refractivity contribution in [2.24, 2.45) is 11.3 Å². The van der Waals surface area contributed by atoms with Gasteiger partial charge in [0.2, 0.25) is 0 Å². The Morgan fingerprint density at radius 3 is 0.962 bits per heavy atom. The zero-order valence-electron chi connectivity index (χ0n) is 39.7. The molecule has 4 rings (SSSR count). The standard InChI is InChI=1S/C14H14.C8H16.C7H8.C5H12.2C3H9N.C3H8.C2H6O.C2H6S.C2H6/c1-11-3-7-13(8-4-11)14-9-5-12(2)6-10-14;1-8(2)6-4-3-5-7-8;1-7-5-3-2-4-6-7;1-4-5(2)3;2*1-4(2)3;3*1-3-2;1-2/h3-10H,1-2H3;3-7H2,1-2H3;2-6H,1H3;5H,4H2,1-3H3;2*1-3H3;3H2,1-2H3;2*1-2H3;1-2H3. The monoisotopic (exact) mass is 759 g/mol. The Labute approximate surface area is 340 Å². The maximum absolute atomic E-state index is 4.25. The van der Waals surface area contributed by atoms with Crippen molar-refractivity contribution in [3.05, 3.63) is 95.6 Å². The summed E-state index contributed by atoms with van der Waals surface area (Å²) in [5.74, 6) is 0.884. The van der Waals surface area contributed by atoms with E-state index in [0.29, 0.717) is 5.41 Å². The van der Waals surface area contributed by atoms with Crippen LogP contribution in [0.4, 0.5) is 0 Å². The molecule has 0 saturated heterocycles. The van der Waals surface area contributed by atoms with Gasteiger partial charge in [0.25, 0.3) is 0 Å². The topological polar surface area (TPSA) is 15.7 Å². The summed E-state index contributed by atoms with van der Waals surface area (Å²) in [7, 11) is 15.2. The maximum Gasteiger partial charge on any atom is 0.0351 e. The number of benzene rings is 3. The Kier molecular flexibility index (Phi) is 56.8. The third kappa shape index (κ3) is 65.2. The molecule has 3 nitrogen and oxygen atoms in total. The van der Waals surface area contributed by atoms with Crippen LogP contribution in [0, 0.1) is 32.1 Å². The van der Waals surface area contributed by atoms with Crippen LogP contribution in [-0.4, -0.2) is 78.8 Å². The Morgan fingerprint density at radius 1 is 0.585 bits per heavy atom. The van der Waals surface area contributed by atoms with Crippen molar-refractivity contribution in [2.75, 3.05) is 69.0 Å². The molecule has 312 valence electrons. The van der Waals surface area contributed by atoms with Gasteiger partial charge >= 0.3 is 0 Å². The first-order chi connectivity index (χ1) is 24.8. The molecule has 3 aromatic rings. The third-order valence-electron chi connectivity index (χ3n) is 6.40. The number of aryl methyl sites for hydroxylation is 3. The number of nitrogens with zero attached hydrogens (tertiary/aromatic N) is 2. The zero-order valence-corrected chi connectivity index (χ0v) is 40.6. The molecule has 0 bridgehead atoms. The molecule has 53 heavy (non-hydrogen) atoms. The molecule has 0 radical (unpaired) electrons. The second-order valence-corrected chi connectivity index (χ2v) is 15.9. The molecule has 0 heterocycles. The lowest BCUT2D eigenvalue weighted by atomic mass is 9.78. The van der Waals surface area contributed by atoms with Crippen molar-refractivity contribution in [1.29, 1.82) is 0 Å². The fraction of sp³-hybridized carbons (Fsp3) is 0.633. The van der Waals surface area contributed by atoms with E-state index in [1.54, 1.807) is 26.0 Å². The van der Waals surface area contributed by atoms with Crippen LogP contribution in [0.15, 0.2) is 78.9 Å². The van der Waals surface area contributed by atoms with E-state index in [-0.39, 0.29) is 0 Å². The summed E-state index contributed by atoms with van der Waals surface area (Å²) in [6.45, 7) is 26.0. The molecule has 1 saturated carbocycles. The summed E-state index contributed by atoms with van der Waals surface area (Å²) in [6, 6.07) is 27.5. The predicted octanol–water partition coefficient (Wildman–Crippen LogP) is 15.0. The average molecular weight is 759 g/mol. The lowest BCUT2D eigenvalue weighted by Crippen LogP contribution is -2.14. The van der Waals surface area contributed by atoms with Crippen LogP contribution in [0.2, 0.25) is 0 Å². The van der Waals surface area contributed by atoms with Gasteiger partial charge in [-0.25, -0.2) is 0 Å². The van der Waals surface area contributed by atoms with Crippen molar-refractivity contribution in [3.63, 3.8) is 0 Å². The average Bonchev–Trinajstić information content (AvgIpc) is 3.08. The van der Waals surface area contributed by atoms with Gasteiger partial charge in [-0.3, -0.25) is 0 Å². The highest BCUT2D eigenvalue weighted by atomic mass is 32.2. The van der Waals surface area contributed by atoms with E-state index in [2.05, 4.69) is 135 Å². The second kappa shape index (κ2) is 47.9. The Morgan fingerprint density at radius 2 is 0.811 bits per heavy atom. The van der Waals surface area contributed by atoms with Crippen LogP contribution in [0.3, 0.4) is 0 Å². The summed E-state index contributed by atoms with van der Waals surface area (Å²) in [5, 5.41) is 0. The van der Waals surface area contributed by atoms with Gasteiger partial charge in [-0.15, -0.1) is 0 Å². The van der Waals surface area contributed by atoms with E-state index >= 15 is 0 Å². The van der Waals surface area contributed by atoms with E-state index in [1.165, 1.54) is 72.8 Å². The molecule has 1 fully saturated rings. The first-order valence-electron chi connectivity index (χ1n) is 20.0. The van der Waals surface area contributed by atoms with Crippen LogP contribution in [0.5, 0.6) is 0 Å². The normalized spacial score (nSPS) is 11.4. The van der Waals surface area contributed by atoms with Gasteiger partial charge in [0.15, 0.2) is 0 Å². The molecule has 0 N–H and O–H groups in total. The SMILES string of the molecule is CC.CC1(C)CCCCC1.CCC.CCC(C)C.CN(C)C.CN(C)C.COC.CSC.Cc1ccc(-c2ccc(C)cc2)cc1.Cc1ccccc1. The highest BCUT2D eigenvalue weighted by Gasteiger charge is 2.19. The number of thioether (sulfide) groups is 1. The fourth-order valence-electron chi connectivity index (χ4n) is 3.54. The molecule has 0 aliphatic heterocycles. The maximum atomic E-state index is 4.25. The van der Waals surface area contributed by atoms with Crippen LogP contribution in [-0.2, 0) is 4.74 Å². The summed E-state index contributed by atoms with van der Waals surface area (Å²) in [4.78, 5) is 4.00. The fourth-order valence-corrected chi connectivity index (χ4v) is 3.54. The summed E-state index contributed by atoms with van der Waals surface area (Å²) in [5.41, 5.74) is 7.19. The third-order valence-corrected chi connectivity index (χ3v) is 6.40. The van der Waals surface area contributed by atoms with Crippen LogP contribution in [0.25, 0.3) is 11.1 Å². The van der Waals surface area contributed by atoms with Gasteiger partial charge in [0, 0.05) is 14.2 Å². The number of rotatable bonds is 2. The molecule has 0 unspecified atom stereocenters. The molecule has 1 aliphatic carbocycles. The zero-order chi connectivity index (χ0) is 42.7. The number of ether oxygens (including phenoxy) is 1. The van der Waals surface area contributed by atoms with Crippen molar-refractivity contribution < 1.29 is 4.74 Å². The van der Waals surface area contributed by atoms with Gasteiger partial charge in [0.1, 0.15) is 0 Å². The quantitative estimate of drug-likeness (QED) is 0.258. The Hall–Kier alpha value is -2.11. The molecular formula is C49H94N2OS. The second-order valence-electron chi connectivity index (χ2n) is 15.1. The molecule has 0 aromatic heterocycles. The molecule has 4 heteroatoms. The minimum absolute atomic E-state index is 0.679. The summed E-state index contributed by atoms with van der Waals surface area (Å²) in [6.07, 6.45) is 13.9. The van der Waals surface area contributed by atoms with E-state index < -0.39 is 0 Å². The van der Waals surface area contributed by atoms with Gasteiger partial charge in [-0.1, -0.05) is 190 Å². The van der Waals surface area contributed by atoms with Crippen molar-refractivity contribution >= 4 is 11.8 Å². The molecule has 0 amide bonds. The first kappa shape index (κ1) is 62.9. The van der Waals surface area contributed by atoms with Gasteiger partial charge in [-0.2, -0.15) is 11.8 Å². The smallest absolute Gasteiger partial charge is 0.0351 e. The van der Waals surface area contributed by atoms with Crippen molar-refractivity contribution in [2.45, 2.75) is 128 Å². The molecule has 1 aliphatic rings. The lowest BCUT2D eigenvalue weighted by Gasteiger charge is -2.28. The van der Waals surface area contributed by atoms with Crippen molar-refractivity contribution in [1.82, 2.24) is 9.80 Å². The van der Waals surface area contributed by atoms with E-state index in [9.17, 15) is 0 Å². The Bertz CT molecular complexity index is 963. The summed E-state index contributed by atoms with van der Waals surface area (Å²) < 4.78 is 4.25. The van der Waals surface area contributed by atoms with E-state index in [4.69, 9.17) is 0 Å². The van der Waals surface area contributed by atoms with E-state index in [0.717, 1.165) is 5.92 Å². The Balaban J connectivity index is -0.000000125. The van der Waals surface area contributed by atoms with Gasteiger partial charge in [-0.05, 0) is 111 Å². The molecule has 3 aromatic carbocycles. The molecule has 0 atom stereocenters. The lowest BCUT2D eigenvalue weighted by molar-refractivity contribution is 0.244. The van der Waals surface area contributed by atoms with Crippen LogP contribution < -0.4 is 0 Å². The largest absolute Gasteiger partial charge is 0.388 e. The van der Waals surface area contributed by atoms with E-state index in [1.807, 2.05) is 96.6 Å². The van der Waals surface area contributed by atoms with Crippen molar-refractivity contribution in [3.8, 4) is 11.1 Å². The highest BCUT2D eigenvalue weighted by molar-refractivity contribution is 7.97. The number of hydrogen-bond donors (Lipinski definition) is 0. The first-order valence-corrected chi connectivity index (χ1v) is 21.6. The van der Waals surface area contributed by atoms with Gasteiger partial charge in [0.05, 0.1) is 0 Å². The molecular weight excluding hydrogens is 665 g/mol. The van der Waals surface area contributed by atoms with Crippen LogP contribution >= 0.6 is 11.8 Å². The minimum Gasteiger partial charge on any atom is -0.388 e. The minimum atomic E-state index is 0.679. The number of methoxy groups -OCH3 is 1. The predicted molar refractivity (Wildman–Crippen MR) is 253 cm³/mol. The number of hydrogen-bond acceptors (Lipinski definition) is 4.